The van der Waals surface area contributed by atoms with Gasteiger partial charge < -0.3 is 19.3 Å². The molecule has 20 heavy (non-hydrogen) atoms. The number of benzene rings is 1. The van der Waals surface area contributed by atoms with Crippen molar-refractivity contribution in [2.45, 2.75) is 39.4 Å². The molecule has 0 spiro atoms. The van der Waals surface area contributed by atoms with Gasteiger partial charge in [-0.05, 0) is 37.5 Å². The highest BCUT2D eigenvalue weighted by Gasteiger charge is 2.16. The zero-order chi connectivity index (χ0) is 15.1. The van der Waals surface area contributed by atoms with Crippen LogP contribution >= 0.6 is 0 Å². The van der Waals surface area contributed by atoms with Crippen molar-refractivity contribution in [3.63, 3.8) is 0 Å². The number of methoxy groups -OCH3 is 2. The molecule has 1 aromatic carbocycles. The molecule has 0 aliphatic rings. The standard InChI is InChI=1S/C16H26O4/c1-11(2)8-12(3)20-10-15(17)14-9-13(18-4)6-7-16(14)19-5/h6-7,9,11-12,15,17H,8,10H2,1-5H3. The Kier molecular flexibility index (Phi) is 6.82. The fourth-order valence-electron chi connectivity index (χ4n) is 2.18. The lowest BCUT2D eigenvalue weighted by atomic mass is 10.1. The van der Waals surface area contributed by atoms with E-state index in [0.717, 1.165) is 6.42 Å². The van der Waals surface area contributed by atoms with E-state index in [2.05, 4.69) is 13.8 Å². The topological polar surface area (TPSA) is 47.9 Å². The van der Waals surface area contributed by atoms with E-state index in [9.17, 15) is 5.11 Å². The molecule has 1 aromatic rings. The Morgan fingerprint density at radius 1 is 1.10 bits per heavy atom. The number of aliphatic hydroxyl groups is 1. The van der Waals surface area contributed by atoms with Gasteiger partial charge in [0.05, 0.1) is 26.9 Å². The molecule has 0 radical (unpaired) electrons. The largest absolute Gasteiger partial charge is 0.497 e. The van der Waals surface area contributed by atoms with E-state index in [0.29, 0.717) is 23.0 Å². The van der Waals surface area contributed by atoms with Gasteiger partial charge in [-0.25, -0.2) is 0 Å². The van der Waals surface area contributed by atoms with Crippen molar-refractivity contribution < 1.29 is 19.3 Å². The zero-order valence-corrected chi connectivity index (χ0v) is 13.1. The maximum Gasteiger partial charge on any atom is 0.125 e. The lowest BCUT2D eigenvalue weighted by Gasteiger charge is -2.20. The van der Waals surface area contributed by atoms with Gasteiger partial charge >= 0.3 is 0 Å². The minimum Gasteiger partial charge on any atom is -0.497 e. The van der Waals surface area contributed by atoms with Crippen molar-refractivity contribution in [3.8, 4) is 11.5 Å². The lowest BCUT2D eigenvalue weighted by molar-refractivity contribution is -0.0108. The van der Waals surface area contributed by atoms with E-state index >= 15 is 0 Å². The van der Waals surface area contributed by atoms with E-state index < -0.39 is 6.10 Å². The molecule has 2 unspecified atom stereocenters. The van der Waals surface area contributed by atoms with Crippen LogP contribution in [0.4, 0.5) is 0 Å². The predicted octanol–water partition coefficient (Wildman–Crippen LogP) is 3.19. The van der Waals surface area contributed by atoms with Crippen LogP contribution in [0.25, 0.3) is 0 Å². The van der Waals surface area contributed by atoms with Gasteiger partial charge in [0.1, 0.15) is 17.6 Å². The van der Waals surface area contributed by atoms with Crippen LogP contribution in [0.3, 0.4) is 0 Å². The van der Waals surface area contributed by atoms with Crippen LogP contribution in [-0.2, 0) is 4.74 Å². The fourth-order valence-corrected chi connectivity index (χ4v) is 2.18. The Morgan fingerprint density at radius 3 is 2.35 bits per heavy atom. The van der Waals surface area contributed by atoms with Gasteiger partial charge in [-0.3, -0.25) is 0 Å². The van der Waals surface area contributed by atoms with Gasteiger partial charge in [-0.2, -0.15) is 0 Å². The fraction of sp³-hybridized carbons (Fsp3) is 0.625. The summed E-state index contributed by atoms with van der Waals surface area (Å²) in [7, 11) is 3.18. The molecule has 4 nitrogen and oxygen atoms in total. The molecule has 1 rings (SSSR count). The first-order valence-corrected chi connectivity index (χ1v) is 6.99. The third kappa shape index (κ3) is 5.02. The number of hydrogen-bond acceptors (Lipinski definition) is 4. The highest BCUT2D eigenvalue weighted by molar-refractivity contribution is 5.41. The van der Waals surface area contributed by atoms with Gasteiger partial charge in [0.2, 0.25) is 0 Å². The maximum atomic E-state index is 10.3. The minimum absolute atomic E-state index is 0.126. The monoisotopic (exact) mass is 282 g/mol. The molecule has 0 heterocycles. The van der Waals surface area contributed by atoms with Gasteiger partial charge in [0, 0.05) is 5.56 Å². The Hall–Kier alpha value is -1.26. The van der Waals surface area contributed by atoms with E-state index in [1.807, 2.05) is 6.92 Å². The second kappa shape index (κ2) is 8.12. The maximum absolute atomic E-state index is 10.3. The van der Waals surface area contributed by atoms with Gasteiger partial charge in [-0.1, -0.05) is 13.8 Å². The summed E-state index contributed by atoms with van der Waals surface area (Å²) >= 11 is 0. The van der Waals surface area contributed by atoms with Crippen LogP contribution in [0.2, 0.25) is 0 Å². The summed E-state index contributed by atoms with van der Waals surface area (Å²) < 4.78 is 16.1. The van der Waals surface area contributed by atoms with Crippen molar-refractivity contribution in [1.29, 1.82) is 0 Å². The zero-order valence-electron chi connectivity index (χ0n) is 13.1. The number of aliphatic hydroxyl groups excluding tert-OH is 1. The first kappa shape index (κ1) is 16.8. The second-order valence-corrected chi connectivity index (χ2v) is 5.40. The van der Waals surface area contributed by atoms with Gasteiger partial charge in [0.15, 0.2) is 0 Å². The Labute approximate surface area is 121 Å². The molecule has 0 amide bonds. The van der Waals surface area contributed by atoms with Crippen LogP contribution in [0, 0.1) is 5.92 Å². The summed E-state index contributed by atoms with van der Waals surface area (Å²) in [5.74, 6) is 1.90. The number of rotatable bonds is 8. The summed E-state index contributed by atoms with van der Waals surface area (Å²) in [5, 5.41) is 10.3. The van der Waals surface area contributed by atoms with Crippen molar-refractivity contribution in [3.05, 3.63) is 23.8 Å². The first-order chi connectivity index (χ1) is 9.47. The molecular formula is C16H26O4. The Balaban J connectivity index is 2.68. The molecule has 0 aromatic heterocycles. The van der Waals surface area contributed by atoms with E-state index in [4.69, 9.17) is 14.2 Å². The second-order valence-electron chi connectivity index (χ2n) is 5.40. The number of hydrogen-bond donors (Lipinski definition) is 1. The molecule has 0 saturated carbocycles. The van der Waals surface area contributed by atoms with Crippen LogP contribution < -0.4 is 9.47 Å². The first-order valence-electron chi connectivity index (χ1n) is 6.99. The average Bonchev–Trinajstić information content (AvgIpc) is 2.43. The van der Waals surface area contributed by atoms with Crippen LogP contribution in [0.15, 0.2) is 18.2 Å². The van der Waals surface area contributed by atoms with Crippen LogP contribution in [0.1, 0.15) is 38.9 Å². The molecular weight excluding hydrogens is 256 g/mol. The Morgan fingerprint density at radius 2 is 1.80 bits per heavy atom. The molecule has 0 saturated heterocycles. The van der Waals surface area contributed by atoms with Crippen molar-refractivity contribution in [2.24, 2.45) is 5.92 Å². The van der Waals surface area contributed by atoms with E-state index in [1.165, 1.54) is 0 Å². The average molecular weight is 282 g/mol. The predicted molar refractivity (Wildman–Crippen MR) is 79.4 cm³/mol. The highest BCUT2D eigenvalue weighted by Crippen LogP contribution is 2.29. The summed E-state index contributed by atoms with van der Waals surface area (Å²) in [4.78, 5) is 0. The highest BCUT2D eigenvalue weighted by atomic mass is 16.5. The Bertz CT molecular complexity index is 403. The number of ether oxygens (including phenoxy) is 3. The van der Waals surface area contributed by atoms with E-state index in [-0.39, 0.29) is 12.7 Å². The quantitative estimate of drug-likeness (QED) is 0.795. The summed E-state index contributed by atoms with van der Waals surface area (Å²) in [6.07, 6.45) is 0.373. The molecule has 2 atom stereocenters. The summed E-state index contributed by atoms with van der Waals surface area (Å²) in [5.41, 5.74) is 0.684. The van der Waals surface area contributed by atoms with Gasteiger partial charge in [0.25, 0.3) is 0 Å². The lowest BCUT2D eigenvalue weighted by Crippen LogP contribution is -2.16. The molecule has 0 aliphatic carbocycles. The van der Waals surface area contributed by atoms with Crippen LogP contribution in [-0.4, -0.2) is 32.0 Å². The van der Waals surface area contributed by atoms with E-state index in [1.54, 1.807) is 32.4 Å². The SMILES string of the molecule is COc1ccc(OC)c(C(O)COC(C)CC(C)C)c1. The molecule has 0 aliphatic heterocycles. The third-order valence-electron chi connectivity index (χ3n) is 3.14. The smallest absolute Gasteiger partial charge is 0.125 e. The van der Waals surface area contributed by atoms with Crippen LogP contribution in [0.5, 0.6) is 11.5 Å². The van der Waals surface area contributed by atoms with Gasteiger partial charge in [-0.15, -0.1) is 0 Å². The molecule has 1 N–H and O–H groups in total. The molecule has 4 heteroatoms. The molecule has 0 fully saturated rings. The summed E-state index contributed by atoms with van der Waals surface area (Å²) in [6.45, 7) is 6.58. The van der Waals surface area contributed by atoms with Crippen molar-refractivity contribution in [1.82, 2.24) is 0 Å². The molecule has 114 valence electrons. The molecule has 0 bridgehead atoms. The normalized spacial score (nSPS) is 14.2. The van der Waals surface area contributed by atoms with Crippen molar-refractivity contribution >= 4 is 0 Å². The summed E-state index contributed by atoms with van der Waals surface area (Å²) in [6, 6.07) is 5.37. The minimum atomic E-state index is -0.727. The van der Waals surface area contributed by atoms with Crippen molar-refractivity contribution in [2.75, 3.05) is 20.8 Å². The third-order valence-corrected chi connectivity index (χ3v) is 3.14.